The molecule has 7 nitrogen and oxygen atoms in total. The maximum absolute atomic E-state index is 15.1. The third-order valence-electron chi connectivity index (χ3n) is 11.5. The third-order valence-corrected chi connectivity index (χ3v) is 16.8. The Morgan fingerprint density at radius 3 is 2.02 bits per heavy atom. The first kappa shape index (κ1) is 41.6. The Labute approximate surface area is 310 Å². The molecule has 0 bridgehead atoms. The minimum Gasteiger partial charge on any atom is -0.466 e. The average Bonchev–Trinajstić information content (AvgIpc) is 3.52. The zero-order valence-corrected chi connectivity index (χ0v) is 33.4. The fourth-order valence-electron chi connectivity index (χ4n) is 7.85. The summed E-state index contributed by atoms with van der Waals surface area (Å²) < 4.78 is 72.8. The van der Waals surface area contributed by atoms with Crippen molar-refractivity contribution in [1.82, 2.24) is 14.7 Å². The molecule has 286 valence electrons. The summed E-state index contributed by atoms with van der Waals surface area (Å²) in [5, 5.41) is 4.27. The molecule has 4 rings (SSSR count). The van der Waals surface area contributed by atoms with Gasteiger partial charge in [0, 0.05) is 11.6 Å². The van der Waals surface area contributed by atoms with Crippen LogP contribution in [0.3, 0.4) is 0 Å². The molecule has 0 saturated heterocycles. The van der Waals surface area contributed by atoms with Gasteiger partial charge in [0.15, 0.2) is 14.0 Å². The zero-order chi connectivity index (χ0) is 37.9. The normalized spacial score (nSPS) is 22.1. The van der Waals surface area contributed by atoms with Crippen molar-refractivity contribution in [3.63, 3.8) is 0 Å². The molecule has 0 spiro atoms. The second kappa shape index (κ2) is 16.5. The fourth-order valence-corrected chi connectivity index (χ4v) is 11.3. The van der Waals surface area contributed by atoms with Gasteiger partial charge in [-0.05, 0) is 101 Å². The van der Waals surface area contributed by atoms with Crippen molar-refractivity contribution in [2.75, 3.05) is 13.2 Å². The van der Waals surface area contributed by atoms with Gasteiger partial charge in [0.05, 0.1) is 52.5 Å². The van der Waals surface area contributed by atoms with Crippen molar-refractivity contribution in [2.24, 2.45) is 10.8 Å². The van der Waals surface area contributed by atoms with Gasteiger partial charge in [-0.25, -0.2) is 4.39 Å². The van der Waals surface area contributed by atoms with Crippen LogP contribution in [0, 0.1) is 16.6 Å². The summed E-state index contributed by atoms with van der Waals surface area (Å²) in [5.41, 5.74) is -2.10. The number of hydrogen-bond acceptors (Lipinski definition) is 5. The topological polar surface area (TPSA) is 73.7 Å². The van der Waals surface area contributed by atoms with E-state index in [9.17, 15) is 14.0 Å². The number of rotatable bonds is 13. The summed E-state index contributed by atoms with van der Waals surface area (Å²) in [6, 6.07) is 3.49. The van der Waals surface area contributed by atoms with E-state index in [1.807, 2.05) is 20.8 Å². The quantitative estimate of drug-likeness (QED) is 0.115. The summed E-state index contributed by atoms with van der Waals surface area (Å²) in [6.45, 7) is 14.0. The van der Waals surface area contributed by atoms with Crippen molar-refractivity contribution in [3.8, 4) is 0 Å². The van der Waals surface area contributed by atoms with Crippen molar-refractivity contribution < 1.29 is 36.3 Å². The monoisotopic (exact) mass is 777 g/mol. The Balaban J connectivity index is 1.79. The summed E-state index contributed by atoms with van der Waals surface area (Å²) in [5.74, 6) is -1.79. The van der Waals surface area contributed by atoms with E-state index in [0.717, 1.165) is 54.0 Å². The zero-order valence-electron chi connectivity index (χ0n) is 30.9. The number of hydrogen-bond donors (Lipinski definition) is 0. The predicted octanol–water partition coefficient (Wildman–Crippen LogP) is 11.2. The Bertz CT molecular complexity index is 1500. The molecule has 51 heavy (non-hydrogen) atoms. The van der Waals surface area contributed by atoms with Gasteiger partial charge in [-0.2, -0.15) is 18.3 Å². The van der Waals surface area contributed by atoms with Crippen LogP contribution in [0.5, 0.6) is 0 Å². The van der Waals surface area contributed by atoms with Crippen LogP contribution in [0.15, 0.2) is 18.3 Å². The van der Waals surface area contributed by atoms with Gasteiger partial charge in [0.25, 0.3) is 5.91 Å². The Hall–Kier alpha value is -2.15. The fraction of sp³-hybridized carbons (Fsp3) is 0.703. The standard InChI is InChI=1S/C37H53Cl2F4N3O4Si/c1-8-49-34(48)36(7)18-14-26(15-19-36)46-32(37(41,42)43)27(22-44-46)33(47)45(25-12-16-35(5,6)17-13-25)23-30(50-51(9-2,10-3)11-4)31-28(38)20-24(40)21-29(31)39/h20-22,25-26,30H,8-19,23H2,1-7H3/t26-,30?,36-. The average molecular weight is 779 g/mol. The summed E-state index contributed by atoms with van der Waals surface area (Å²) in [6.07, 6.45) is -0.858. The number of ether oxygens (including phenoxy) is 1. The van der Waals surface area contributed by atoms with Gasteiger partial charge in [-0.3, -0.25) is 14.3 Å². The minimum atomic E-state index is -4.89. The minimum absolute atomic E-state index is 0.0143. The number of carbonyl (C=O) groups excluding carboxylic acids is 2. The highest BCUT2D eigenvalue weighted by Crippen LogP contribution is 2.46. The SMILES string of the molecule is CCOC(=O)[C@]1(C)CC[C@@H](n2ncc(C(=O)N(CC(O[Si](CC)(CC)CC)c3c(Cl)cc(F)cc3Cl)C3CCC(C)(C)CC3)c2C(F)(F)F)CC1. The van der Waals surface area contributed by atoms with Crippen LogP contribution in [-0.2, 0) is 20.1 Å². The van der Waals surface area contributed by atoms with Gasteiger partial charge in [0.2, 0.25) is 0 Å². The highest BCUT2D eigenvalue weighted by molar-refractivity contribution is 6.73. The molecule has 14 heteroatoms. The molecule has 2 fully saturated rings. The Morgan fingerprint density at radius 2 is 1.53 bits per heavy atom. The van der Waals surface area contributed by atoms with Crippen LogP contribution >= 0.6 is 23.2 Å². The van der Waals surface area contributed by atoms with Crippen molar-refractivity contribution >= 4 is 43.4 Å². The highest BCUT2D eigenvalue weighted by Gasteiger charge is 2.47. The molecule has 1 heterocycles. The predicted molar refractivity (Wildman–Crippen MR) is 194 cm³/mol. The van der Waals surface area contributed by atoms with Crippen molar-refractivity contribution in [3.05, 3.63) is 51.0 Å². The molecular weight excluding hydrogens is 725 g/mol. The maximum atomic E-state index is 15.1. The molecule has 1 atom stereocenters. The molecule has 2 aliphatic rings. The second-order valence-electron chi connectivity index (χ2n) is 15.3. The van der Waals surface area contributed by atoms with Gasteiger partial charge >= 0.3 is 12.1 Å². The first-order chi connectivity index (χ1) is 23.8. The molecule has 0 radical (unpaired) electrons. The van der Waals surface area contributed by atoms with Gasteiger partial charge in [0.1, 0.15) is 5.82 Å². The lowest BCUT2D eigenvalue weighted by Gasteiger charge is -2.43. The summed E-state index contributed by atoms with van der Waals surface area (Å²) >= 11 is 13.3. The summed E-state index contributed by atoms with van der Waals surface area (Å²) in [7, 11) is -2.44. The van der Waals surface area contributed by atoms with Crippen LogP contribution < -0.4 is 0 Å². The van der Waals surface area contributed by atoms with Gasteiger partial charge in [-0.1, -0.05) is 57.8 Å². The molecular formula is C37H53Cl2F4N3O4Si. The number of benzene rings is 1. The number of halogens is 6. The first-order valence-electron chi connectivity index (χ1n) is 18.3. The Kier molecular flexibility index (Phi) is 13.4. The lowest BCUT2D eigenvalue weighted by molar-refractivity contribution is -0.157. The molecule has 0 N–H and O–H groups in total. The maximum Gasteiger partial charge on any atom is 0.433 e. The lowest BCUT2D eigenvalue weighted by Crippen LogP contribution is -2.48. The molecule has 1 unspecified atom stereocenters. The summed E-state index contributed by atoms with van der Waals surface area (Å²) in [4.78, 5) is 28.9. The number of aromatic nitrogens is 2. The first-order valence-corrected chi connectivity index (χ1v) is 21.6. The number of nitrogens with zero attached hydrogens (tertiary/aromatic N) is 3. The van der Waals surface area contributed by atoms with Crippen LogP contribution in [0.25, 0.3) is 0 Å². The van der Waals surface area contributed by atoms with Crippen LogP contribution in [-0.4, -0.2) is 54.1 Å². The molecule has 1 aromatic carbocycles. The Morgan fingerprint density at radius 1 is 0.980 bits per heavy atom. The third kappa shape index (κ3) is 9.33. The largest absolute Gasteiger partial charge is 0.466 e. The molecule has 1 amide bonds. The van der Waals surface area contributed by atoms with Crippen LogP contribution in [0.1, 0.15) is 134 Å². The number of esters is 1. The van der Waals surface area contributed by atoms with Crippen LogP contribution in [0.2, 0.25) is 28.2 Å². The molecule has 2 aliphatic carbocycles. The molecule has 2 saturated carbocycles. The van der Waals surface area contributed by atoms with Gasteiger partial charge < -0.3 is 14.1 Å². The van der Waals surface area contributed by atoms with E-state index >= 15 is 13.2 Å². The number of carbonyl (C=O) groups is 2. The number of amides is 1. The van der Waals surface area contributed by atoms with Crippen LogP contribution in [0.4, 0.5) is 17.6 Å². The smallest absolute Gasteiger partial charge is 0.433 e. The van der Waals surface area contributed by atoms with Crippen molar-refractivity contribution in [1.29, 1.82) is 0 Å². The molecule has 2 aromatic rings. The second-order valence-corrected chi connectivity index (χ2v) is 20.9. The van der Waals surface area contributed by atoms with Gasteiger partial charge in [-0.15, -0.1) is 0 Å². The van der Waals surface area contributed by atoms with E-state index in [1.165, 1.54) is 4.90 Å². The molecule has 0 aliphatic heterocycles. The highest BCUT2D eigenvalue weighted by atomic mass is 35.5. The van der Waals surface area contributed by atoms with E-state index in [0.29, 0.717) is 31.2 Å². The van der Waals surface area contributed by atoms with E-state index in [1.54, 1.807) is 13.8 Å². The van der Waals surface area contributed by atoms with E-state index in [2.05, 4.69) is 18.9 Å². The molecule has 1 aromatic heterocycles. The van der Waals surface area contributed by atoms with E-state index in [4.69, 9.17) is 32.4 Å². The van der Waals surface area contributed by atoms with Crippen molar-refractivity contribution in [2.45, 2.75) is 142 Å². The number of alkyl halides is 3. The lowest BCUT2D eigenvalue weighted by atomic mass is 9.74. The van der Waals surface area contributed by atoms with E-state index < -0.39 is 55.0 Å². The van der Waals surface area contributed by atoms with E-state index in [-0.39, 0.29) is 53.5 Å².